The molecule has 0 bridgehead atoms. The van der Waals surface area contributed by atoms with Crippen molar-refractivity contribution in [3.05, 3.63) is 11.6 Å². The highest BCUT2D eigenvalue weighted by Gasteiger charge is 2.39. The van der Waals surface area contributed by atoms with Gasteiger partial charge in [0.05, 0.1) is 0 Å². The van der Waals surface area contributed by atoms with Crippen LogP contribution in [0, 0.1) is 0 Å². The molecule has 0 radical (unpaired) electrons. The Morgan fingerprint density at radius 2 is 1.11 bits per heavy atom. The van der Waals surface area contributed by atoms with E-state index in [0.717, 1.165) is 0 Å². The summed E-state index contributed by atoms with van der Waals surface area (Å²) in [5.41, 5.74) is 0. The van der Waals surface area contributed by atoms with Gasteiger partial charge in [0.1, 0.15) is 0 Å². The second-order valence-corrected chi connectivity index (χ2v) is 3.93. The number of rotatable bonds is 6. The molecule has 0 aliphatic carbocycles. The minimum atomic E-state index is -1.09. The molecule has 0 amide bonds. The Kier molecular flexibility index (Phi) is 4.28. The van der Waals surface area contributed by atoms with Gasteiger partial charge in [-0.05, 0) is 13.8 Å². The zero-order valence-electron chi connectivity index (χ0n) is 11.6. The van der Waals surface area contributed by atoms with Crippen LogP contribution in [0.15, 0.2) is 0 Å². The summed E-state index contributed by atoms with van der Waals surface area (Å²) in [6, 6.07) is 0. The molecule has 0 spiro atoms. The van der Waals surface area contributed by atoms with Crippen molar-refractivity contribution in [1.82, 2.24) is 14.9 Å². The van der Waals surface area contributed by atoms with Gasteiger partial charge in [0, 0.05) is 28.4 Å². The van der Waals surface area contributed by atoms with Crippen LogP contribution >= 0.6 is 0 Å². The molecule has 2 N–H and O–H groups in total. The van der Waals surface area contributed by atoms with Crippen molar-refractivity contribution in [1.29, 1.82) is 0 Å². The topological polar surface area (TPSA) is 93.6 Å². The van der Waals surface area contributed by atoms with E-state index in [2.05, 4.69) is 10.2 Å². The van der Waals surface area contributed by atoms with Crippen LogP contribution in [0.4, 0.5) is 0 Å². The maximum absolute atomic E-state index is 5.95. The highest BCUT2D eigenvalue weighted by molar-refractivity contribution is 5.06. The number of aromatic nitrogens is 3. The number of nitrogens with two attached hydrogens (primary N) is 1. The monoisotopic (exact) mass is 260 g/mol. The lowest BCUT2D eigenvalue weighted by atomic mass is 10.2. The number of hydrogen-bond acceptors (Lipinski definition) is 7. The highest BCUT2D eigenvalue weighted by atomic mass is 16.7. The SMILES string of the molecule is COC(C)(OC)c1nnc(C(C)(OC)OC)n1N. The minimum absolute atomic E-state index is 0.308. The molecular formula is C10H20N4O4. The molecule has 0 aromatic carbocycles. The minimum Gasteiger partial charge on any atom is -0.347 e. The normalized spacial score (nSPS) is 13.0. The summed E-state index contributed by atoms with van der Waals surface area (Å²) in [5.74, 6) is 4.38. The fraction of sp³-hybridized carbons (Fsp3) is 0.800. The fourth-order valence-corrected chi connectivity index (χ4v) is 1.44. The third kappa shape index (κ3) is 2.19. The maximum Gasteiger partial charge on any atom is 0.228 e. The van der Waals surface area contributed by atoms with Crippen molar-refractivity contribution in [3.63, 3.8) is 0 Å². The van der Waals surface area contributed by atoms with Crippen LogP contribution in [-0.4, -0.2) is 43.3 Å². The summed E-state index contributed by atoms with van der Waals surface area (Å²) in [5, 5.41) is 7.94. The van der Waals surface area contributed by atoms with Crippen molar-refractivity contribution in [3.8, 4) is 0 Å². The molecule has 1 aromatic heterocycles. The number of hydrogen-bond donors (Lipinski definition) is 1. The molecule has 18 heavy (non-hydrogen) atoms. The molecule has 1 rings (SSSR count). The third-order valence-electron chi connectivity index (χ3n) is 3.07. The van der Waals surface area contributed by atoms with Gasteiger partial charge in [0.15, 0.2) is 0 Å². The van der Waals surface area contributed by atoms with E-state index in [9.17, 15) is 0 Å². The molecule has 0 aliphatic heterocycles. The fourth-order valence-electron chi connectivity index (χ4n) is 1.44. The van der Waals surface area contributed by atoms with Crippen molar-refractivity contribution in [2.75, 3.05) is 34.3 Å². The van der Waals surface area contributed by atoms with Gasteiger partial charge in [0.25, 0.3) is 0 Å². The van der Waals surface area contributed by atoms with Crippen molar-refractivity contribution >= 4 is 0 Å². The van der Waals surface area contributed by atoms with Gasteiger partial charge >= 0.3 is 0 Å². The van der Waals surface area contributed by atoms with Gasteiger partial charge in [-0.1, -0.05) is 0 Å². The van der Waals surface area contributed by atoms with Crippen LogP contribution in [0.5, 0.6) is 0 Å². The quantitative estimate of drug-likeness (QED) is 0.565. The molecule has 0 fully saturated rings. The molecule has 0 atom stereocenters. The van der Waals surface area contributed by atoms with E-state index in [-0.39, 0.29) is 0 Å². The molecule has 8 nitrogen and oxygen atoms in total. The van der Waals surface area contributed by atoms with Gasteiger partial charge < -0.3 is 24.8 Å². The number of methoxy groups -OCH3 is 4. The van der Waals surface area contributed by atoms with Gasteiger partial charge in [-0.2, -0.15) is 0 Å². The van der Waals surface area contributed by atoms with E-state index in [0.29, 0.717) is 11.6 Å². The average Bonchev–Trinajstić information content (AvgIpc) is 2.80. The standard InChI is InChI=1S/C10H20N4O4/c1-9(15-3,16-4)7-12-13-8(14(7)11)10(2,17-5)18-6/h11H2,1-6H3. The molecule has 1 aromatic rings. The van der Waals surface area contributed by atoms with E-state index in [1.165, 1.54) is 33.1 Å². The first-order valence-corrected chi connectivity index (χ1v) is 5.30. The van der Waals surface area contributed by atoms with Gasteiger partial charge in [-0.25, -0.2) is 4.68 Å². The lowest BCUT2D eigenvalue weighted by molar-refractivity contribution is -0.214. The van der Waals surface area contributed by atoms with Gasteiger partial charge in [-0.15, -0.1) is 10.2 Å². The van der Waals surface area contributed by atoms with Crippen molar-refractivity contribution in [2.24, 2.45) is 0 Å². The second kappa shape index (κ2) is 5.19. The smallest absolute Gasteiger partial charge is 0.228 e. The number of nitrogen functional groups attached to an aromatic ring is 1. The molecule has 0 saturated carbocycles. The Morgan fingerprint density at radius 1 is 0.833 bits per heavy atom. The van der Waals surface area contributed by atoms with Gasteiger partial charge in [0.2, 0.25) is 23.2 Å². The van der Waals surface area contributed by atoms with Crippen LogP contribution in [0.25, 0.3) is 0 Å². The zero-order valence-corrected chi connectivity index (χ0v) is 11.6. The van der Waals surface area contributed by atoms with Crippen LogP contribution in [0.2, 0.25) is 0 Å². The average molecular weight is 260 g/mol. The van der Waals surface area contributed by atoms with Crippen molar-refractivity contribution in [2.45, 2.75) is 25.4 Å². The first kappa shape index (κ1) is 14.8. The zero-order chi connectivity index (χ0) is 14.0. The molecule has 1 heterocycles. The number of ether oxygens (including phenoxy) is 4. The predicted octanol–water partition coefficient (Wildman–Crippen LogP) is -0.0771. The summed E-state index contributed by atoms with van der Waals surface area (Å²) < 4.78 is 22.2. The van der Waals surface area contributed by atoms with E-state index in [1.54, 1.807) is 13.8 Å². The summed E-state index contributed by atoms with van der Waals surface area (Å²) in [6.45, 7) is 3.36. The predicted molar refractivity (Wildman–Crippen MR) is 62.9 cm³/mol. The van der Waals surface area contributed by atoms with E-state index in [4.69, 9.17) is 24.8 Å². The Morgan fingerprint density at radius 3 is 1.33 bits per heavy atom. The molecule has 0 saturated heterocycles. The number of nitrogens with zero attached hydrogens (tertiary/aromatic N) is 3. The Labute approximate surface area is 106 Å². The summed E-state index contributed by atoms with van der Waals surface area (Å²) in [4.78, 5) is 0. The molecule has 0 unspecified atom stereocenters. The molecule has 104 valence electrons. The van der Waals surface area contributed by atoms with Crippen LogP contribution in [0.1, 0.15) is 25.5 Å². The largest absolute Gasteiger partial charge is 0.347 e. The van der Waals surface area contributed by atoms with E-state index >= 15 is 0 Å². The summed E-state index contributed by atoms with van der Waals surface area (Å²) in [6.07, 6.45) is 0. The van der Waals surface area contributed by atoms with Gasteiger partial charge in [-0.3, -0.25) is 0 Å². The van der Waals surface area contributed by atoms with Crippen LogP contribution in [0.3, 0.4) is 0 Å². The lowest BCUT2D eigenvalue weighted by Crippen LogP contribution is -2.37. The third-order valence-corrected chi connectivity index (χ3v) is 3.07. The maximum atomic E-state index is 5.95. The summed E-state index contributed by atoms with van der Waals surface area (Å²) >= 11 is 0. The van der Waals surface area contributed by atoms with Crippen LogP contribution in [-0.2, 0) is 30.5 Å². The highest BCUT2D eigenvalue weighted by Crippen LogP contribution is 2.28. The lowest BCUT2D eigenvalue weighted by Gasteiger charge is -2.27. The van der Waals surface area contributed by atoms with Crippen molar-refractivity contribution < 1.29 is 18.9 Å². The Balaban J connectivity index is 3.27. The first-order valence-electron chi connectivity index (χ1n) is 5.30. The molecule has 8 heteroatoms. The Bertz CT molecular complexity index is 363. The Hall–Kier alpha value is -1.22. The first-order chi connectivity index (χ1) is 8.38. The van der Waals surface area contributed by atoms with Crippen LogP contribution < -0.4 is 5.84 Å². The molecule has 0 aliphatic rings. The second-order valence-electron chi connectivity index (χ2n) is 3.93. The van der Waals surface area contributed by atoms with E-state index in [1.807, 2.05) is 0 Å². The molecular weight excluding hydrogens is 240 g/mol. The summed E-state index contributed by atoms with van der Waals surface area (Å²) in [7, 11) is 5.96. The van der Waals surface area contributed by atoms with E-state index < -0.39 is 11.6 Å².